The summed E-state index contributed by atoms with van der Waals surface area (Å²) in [5, 5.41) is 8.39. The minimum Gasteiger partial charge on any atom is -0.398 e. The second kappa shape index (κ2) is 13.4. The maximum Gasteiger partial charge on any atom is 0.248 e. The van der Waals surface area contributed by atoms with Crippen molar-refractivity contribution in [3.05, 3.63) is 105 Å². The van der Waals surface area contributed by atoms with Crippen LogP contribution >= 0.6 is 0 Å². The summed E-state index contributed by atoms with van der Waals surface area (Å²) >= 11 is 0. The number of H-pyrrole nitrogens is 2. The number of alkyl halides is 2. The van der Waals surface area contributed by atoms with Gasteiger partial charge < -0.3 is 32.1 Å². The first-order valence-electron chi connectivity index (χ1n) is 16.5. The van der Waals surface area contributed by atoms with Crippen molar-refractivity contribution < 1.29 is 18.4 Å². The molecule has 6 aromatic rings. The Hall–Kier alpha value is -6.44. The minimum absolute atomic E-state index is 0.166. The summed E-state index contributed by atoms with van der Waals surface area (Å²) in [7, 11) is 0. The van der Waals surface area contributed by atoms with Crippen LogP contribution in [0.2, 0.25) is 0 Å². The Morgan fingerprint density at radius 2 is 1.06 bits per heavy atom. The first-order valence-corrected chi connectivity index (χ1v) is 16.5. The van der Waals surface area contributed by atoms with Gasteiger partial charge in [0.05, 0.1) is 11.8 Å². The Bertz CT molecular complexity index is 2360. The first kappa shape index (κ1) is 34.0. The van der Waals surface area contributed by atoms with E-state index >= 15 is 0 Å². The first-order chi connectivity index (χ1) is 24.8. The van der Waals surface area contributed by atoms with E-state index < -0.39 is 24.2 Å². The van der Waals surface area contributed by atoms with Gasteiger partial charge in [-0.3, -0.25) is 19.2 Å². The number of nitrogen functional groups attached to an aromatic ring is 2. The molecule has 4 atom stereocenters. The summed E-state index contributed by atoms with van der Waals surface area (Å²) in [5.74, 6) is -1.15. The lowest BCUT2D eigenvalue weighted by Crippen LogP contribution is -2.15. The number of aromatic amines is 2. The standard InChI is InChI=1S/2C19H17FN4O2/c2*1-9-12(2-3-18(25)23-9)10-4-11-6-17(22-8-14(11)16(21)5-10)24-19(26)13-7-15(13)20/h2*2-6,8,13,15H,7,21H2,1H3,(H,23,25)(H,22,24,26)/t2*13-,15+/m10/s1. The number of aromatic nitrogens is 4. The molecule has 8 N–H and O–H groups in total. The van der Waals surface area contributed by atoms with Crippen molar-refractivity contribution >= 4 is 56.4 Å². The summed E-state index contributed by atoms with van der Waals surface area (Å²) in [6.45, 7) is 3.64. The molecule has 0 bridgehead atoms. The Labute approximate surface area is 294 Å². The lowest BCUT2D eigenvalue weighted by atomic mass is 10.00. The number of hydrogen-bond acceptors (Lipinski definition) is 8. The average molecular weight is 705 g/mol. The van der Waals surface area contributed by atoms with Crippen molar-refractivity contribution in [1.82, 2.24) is 19.9 Å². The number of carbonyl (C=O) groups is 2. The Balaban J connectivity index is 0.000000162. The molecule has 2 saturated carbocycles. The molecule has 14 heteroatoms. The van der Waals surface area contributed by atoms with Crippen LogP contribution in [0.15, 0.2) is 82.6 Å². The van der Waals surface area contributed by atoms with Gasteiger partial charge in [0, 0.05) is 69.2 Å². The Kier molecular flexibility index (Phi) is 8.74. The predicted molar refractivity (Wildman–Crippen MR) is 197 cm³/mol. The molecule has 2 fully saturated rings. The molecule has 2 aliphatic rings. The highest BCUT2D eigenvalue weighted by atomic mass is 19.1. The van der Waals surface area contributed by atoms with Crippen molar-refractivity contribution in [1.29, 1.82) is 0 Å². The van der Waals surface area contributed by atoms with Crippen LogP contribution in [-0.4, -0.2) is 44.1 Å². The van der Waals surface area contributed by atoms with E-state index in [1.165, 1.54) is 12.1 Å². The maximum absolute atomic E-state index is 13.0. The zero-order chi connectivity index (χ0) is 36.8. The summed E-state index contributed by atoms with van der Waals surface area (Å²) in [6.07, 6.45) is 1.60. The molecule has 2 amide bonds. The largest absolute Gasteiger partial charge is 0.398 e. The van der Waals surface area contributed by atoms with Crippen LogP contribution in [0.5, 0.6) is 0 Å². The molecule has 0 unspecified atom stereocenters. The van der Waals surface area contributed by atoms with E-state index in [2.05, 4.69) is 30.6 Å². The van der Waals surface area contributed by atoms with Gasteiger partial charge >= 0.3 is 0 Å². The number of nitrogens with zero attached hydrogens (tertiary/aromatic N) is 2. The fourth-order valence-corrected chi connectivity index (χ4v) is 6.11. The highest BCUT2D eigenvalue weighted by molar-refractivity contribution is 6.01. The van der Waals surface area contributed by atoms with Crippen LogP contribution in [0.1, 0.15) is 24.2 Å². The number of fused-ring (bicyclic) bond motifs is 2. The van der Waals surface area contributed by atoms with E-state index in [4.69, 9.17) is 11.5 Å². The number of rotatable bonds is 6. The fraction of sp³-hybridized carbons (Fsp3) is 0.211. The molecule has 0 aliphatic heterocycles. The molecule has 4 heterocycles. The van der Waals surface area contributed by atoms with Gasteiger partial charge in [-0.05, 0) is 97.1 Å². The van der Waals surface area contributed by atoms with Crippen LogP contribution < -0.4 is 33.2 Å². The quantitative estimate of drug-likeness (QED) is 0.121. The number of nitrogens with one attached hydrogen (secondary N) is 4. The molecule has 2 aliphatic carbocycles. The number of halogens is 2. The number of anilines is 4. The summed E-state index contributed by atoms with van der Waals surface area (Å²) in [4.78, 5) is 60.6. The van der Waals surface area contributed by atoms with Crippen molar-refractivity contribution in [2.45, 2.75) is 39.0 Å². The number of amides is 2. The van der Waals surface area contributed by atoms with Crippen LogP contribution in [0.25, 0.3) is 43.8 Å². The molecular formula is C38H34F2N8O4. The molecule has 0 spiro atoms. The molecular weight excluding hydrogens is 670 g/mol. The number of benzene rings is 2. The third-order valence-electron chi connectivity index (χ3n) is 9.19. The molecule has 264 valence electrons. The van der Waals surface area contributed by atoms with Crippen LogP contribution in [-0.2, 0) is 9.59 Å². The highest BCUT2D eigenvalue weighted by Gasteiger charge is 2.44. The van der Waals surface area contributed by atoms with Crippen molar-refractivity contribution in [3.8, 4) is 22.3 Å². The Morgan fingerprint density at radius 1 is 0.673 bits per heavy atom. The van der Waals surface area contributed by atoms with E-state index in [-0.39, 0.29) is 35.8 Å². The number of pyridine rings is 4. The number of aryl methyl sites for hydroxylation is 2. The average Bonchev–Trinajstić information content (AvgIpc) is 4.01. The topological polar surface area (TPSA) is 202 Å². The lowest BCUT2D eigenvalue weighted by Gasteiger charge is -2.11. The lowest BCUT2D eigenvalue weighted by molar-refractivity contribution is -0.118. The van der Waals surface area contributed by atoms with E-state index in [0.717, 1.165) is 55.2 Å². The molecule has 52 heavy (non-hydrogen) atoms. The van der Waals surface area contributed by atoms with Gasteiger partial charge in [0.1, 0.15) is 24.0 Å². The fourth-order valence-electron chi connectivity index (χ4n) is 6.11. The summed E-state index contributed by atoms with van der Waals surface area (Å²) in [6, 6.07) is 17.3. The second-order valence-electron chi connectivity index (χ2n) is 13.1. The zero-order valence-corrected chi connectivity index (χ0v) is 28.1. The van der Waals surface area contributed by atoms with E-state index in [1.807, 2.05) is 38.1 Å². The number of hydrogen-bond donors (Lipinski definition) is 6. The van der Waals surface area contributed by atoms with Gasteiger partial charge in [0.15, 0.2) is 0 Å². The number of carbonyl (C=O) groups excluding carboxylic acids is 2. The highest BCUT2D eigenvalue weighted by Crippen LogP contribution is 2.37. The van der Waals surface area contributed by atoms with Crippen LogP contribution in [0.4, 0.5) is 31.8 Å². The molecule has 4 aromatic heterocycles. The summed E-state index contributed by atoms with van der Waals surface area (Å²) in [5.41, 5.74) is 17.9. The van der Waals surface area contributed by atoms with E-state index in [9.17, 15) is 28.0 Å². The van der Waals surface area contributed by atoms with Gasteiger partial charge in [0.2, 0.25) is 22.9 Å². The van der Waals surface area contributed by atoms with Crippen molar-refractivity contribution in [3.63, 3.8) is 0 Å². The molecule has 0 saturated heterocycles. The zero-order valence-electron chi connectivity index (χ0n) is 28.1. The Morgan fingerprint density at radius 3 is 1.40 bits per heavy atom. The van der Waals surface area contributed by atoms with E-state index in [1.54, 1.807) is 36.7 Å². The monoisotopic (exact) mass is 704 g/mol. The second-order valence-corrected chi connectivity index (χ2v) is 13.1. The normalized spacial score (nSPS) is 18.7. The van der Waals surface area contributed by atoms with Gasteiger partial charge in [-0.25, -0.2) is 18.7 Å². The molecule has 0 radical (unpaired) electrons. The van der Waals surface area contributed by atoms with Gasteiger partial charge in [-0.15, -0.1) is 0 Å². The van der Waals surface area contributed by atoms with Crippen molar-refractivity contribution in [2.24, 2.45) is 11.8 Å². The third-order valence-corrected chi connectivity index (χ3v) is 9.19. The molecule has 8 rings (SSSR count). The maximum atomic E-state index is 13.0. The smallest absolute Gasteiger partial charge is 0.248 e. The van der Waals surface area contributed by atoms with Gasteiger partial charge in [-0.1, -0.05) is 0 Å². The van der Waals surface area contributed by atoms with Crippen LogP contribution in [0.3, 0.4) is 0 Å². The van der Waals surface area contributed by atoms with Gasteiger partial charge in [0.25, 0.3) is 0 Å². The number of nitrogens with two attached hydrogens (primary N) is 2. The third kappa shape index (κ3) is 7.08. The van der Waals surface area contributed by atoms with Crippen LogP contribution in [0, 0.1) is 25.7 Å². The summed E-state index contributed by atoms with van der Waals surface area (Å²) < 4.78 is 26.0. The van der Waals surface area contributed by atoms with Gasteiger partial charge in [-0.2, -0.15) is 0 Å². The van der Waals surface area contributed by atoms with Crippen molar-refractivity contribution in [2.75, 3.05) is 22.1 Å². The molecule has 2 aromatic carbocycles. The minimum atomic E-state index is -1.05. The predicted octanol–water partition coefficient (Wildman–Crippen LogP) is 5.55. The van der Waals surface area contributed by atoms with E-state index in [0.29, 0.717) is 23.0 Å². The molecule has 12 nitrogen and oxygen atoms in total. The SMILES string of the molecule is Cc1[nH]c(=O)ccc1-c1cc(N)c2cnc(NC(=O)[C@@H]3C[C@@H]3F)cc2c1.Cc1[nH]c(=O)ccc1-c1cc(N)c2cnc(NC(=O)[C@H]3C[C@H]3F)cc2c1.